The third-order valence-electron chi connectivity index (χ3n) is 6.88. The minimum absolute atomic E-state index is 0. The highest BCUT2D eigenvalue weighted by atomic mass is 31.2. The van der Waals surface area contributed by atoms with Crippen molar-refractivity contribution in [2.45, 2.75) is 122 Å². The molecule has 0 aliphatic carbocycles. The predicted molar refractivity (Wildman–Crippen MR) is 162 cm³/mol. The lowest BCUT2D eigenvalue weighted by Crippen LogP contribution is -2.17. The molecule has 1 unspecified atom stereocenters. The molecule has 0 saturated carbocycles. The predicted octanol–water partition coefficient (Wildman–Crippen LogP) is 7.57. The van der Waals surface area contributed by atoms with Crippen molar-refractivity contribution in [1.82, 2.24) is 25.7 Å². The van der Waals surface area contributed by atoms with Crippen molar-refractivity contribution < 1.29 is 36.6 Å². The van der Waals surface area contributed by atoms with E-state index < -0.39 is 26.5 Å². The van der Waals surface area contributed by atoms with Gasteiger partial charge in [-0.3, -0.25) is 4.57 Å². The number of hydrogen-bond acceptors (Lipinski definition) is 9. The van der Waals surface area contributed by atoms with Crippen LogP contribution in [0.25, 0.3) is 11.2 Å². The number of nitrogens with zero attached hydrogens (tertiary/aromatic N) is 4. The van der Waals surface area contributed by atoms with Crippen LogP contribution in [0.4, 0.5) is 19.0 Å². The summed E-state index contributed by atoms with van der Waals surface area (Å²) in [6.07, 6.45) is 11.3. The minimum Gasteiger partial charge on any atom is -0.382 e. The Balaban J connectivity index is 0.00000924. The Hall–Kier alpha value is -1.83. The van der Waals surface area contributed by atoms with E-state index in [1.165, 1.54) is 44.9 Å². The van der Waals surface area contributed by atoms with E-state index in [4.69, 9.17) is 19.7 Å². The number of nitrogens with two attached hydrogens (primary N) is 1. The Bertz CT molecular complexity index is 1050. The van der Waals surface area contributed by atoms with Crippen LogP contribution in [0.1, 0.15) is 103 Å². The first kappa shape index (κ1) is 39.2. The number of fused-ring (bicyclic) bond motifs is 1. The maximum Gasteiger partial charge on any atom is 0.389 e. The normalized spacial score (nSPS) is 14.1. The van der Waals surface area contributed by atoms with E-state index in [0.29, 0.717) is 49.6 Å². The quantitative estimate of drug-likeness (QED) is 0.0727. The number of nitrogen functional groups attached to an aromatic ring is 1. The van der Waals surface area contributed by atoms with Crippen LogP contribution in [0.3, 0.4) is 0 Å². The van der Waals surface area contributed by atoms with Crippen molar-refractivity contribution in [3.63, 3.8) is 0 Å². The van der Waals surface area contributed by atoms with Gasteiger partial charge in [0.05, 0.1) is 25.6 Å². The molecule has 6 N–H and O–H groups in total. The van der Waals surface area contributed by atoms with Gasteiger partial charge in [0.2, 0.25) is 0 Å². The molecule has 2 atom stereocenters. The van der Waals surface area contributed by atoms with Crippen LogP contribution in [0, 0.1) is 0 Å². The Morgan fingerprint density at radius 1 is 0.884 bits per heavy atom. The van der Waals surface area contributed by atoms with Gasteiger partial charge in [-0.15, -0.1) is 0 Å². The lowest BCUT2D eigenvalue weighted by atomic mass is 10.0. The zero-order valence-electron chi connectivity index (χ0n) is 25.6. The number of ether oxygens (including phenoxy) is 2. The van der Waals surface area contributed by atoms with E-state index in [-0.39, 0.29) is 25.3 Å². The van der Waals surface area contributed by atoms with Gasteiger partial charge in [-0.25, -0.2) is 15.0 Å². The van der Waals surface area contributed by atoms with Gasteiger partial charge in [0.25, 0.3) is 0 Å². The minimum atomic E-state index is -4.01. The summed E-state index contributed by atoms with van der Waals surface area (Å²) >= 11 is 0. The number of anilines is 1. The molecule has 2 aromatic rings. The molecule has 0 fully saturated rings. The van der Waals surface area contributed by atoms with Crippen molar-refractivity contribution in [1.29, 1.82) is 0 Å². The second kappa shape index (κ2) is 21.8. The highest BCUT2D eigenvalue weighted by Gasteiger charge is 2.25. The third-order valence-corrected chi connectivity index (χ3v) is 7.94. The van der Waals surface area contributed by atoms with Gasteiger partial charge < -0.3 is 35.3 Å². The number of halogens is 3. The Labute approximate surface area is 253 Å². The van der Waals surface area contributed by atoms with Crippen LogP contribution >= 0.6 is 7.60 Å². The van der Waals surface area contributed by atoms with Crippen molar-refractivity contribution in [3.8, 4) is 0 Å². The zero-order chi connectivity index (χ0) is 30.7. The molecular formula is C28H52F3N6O5P. The molecule has 2 heterocycles. The Morgan fingerprint density at radius 2 is 1.44 bits per heavy atom. The van der Waals surface area contributed by atoms with E-state index in [9.17, 15) is 22.6 Å². The van der Waals surface area contributed by atoms with Crippen molar-refractivity contribution in [3.05, 3.63) is 12.7 Å². The van der Waals surface area contributed by atoms with E-state index in [1.54, 1.807) is 17.8 Å². The number of rotatable bonds is 25. The highest BCUT2D eigenvalue weighted by Crippen LogP contribution is 2.42. The highest BCUT2D eigenvalue weighted by molar-refractivity contribution is 7.52. The van der Waals surface area contributed by atoms with Gasteiger partial charge in [-0.05, 0) is 26.2 Å². The zero-order valence-corrected chi connectivity index (χ0v) is 26.5. The summed E-state index contributed by atoms with van der Waals surface area (Å²) in [6, 6.07) is 0. The fourth-order valence-electron chi connectivity index (χ4n) is 4.57. The second-order valence-electron chi connectivity index (χ2n) is 10.8. The maximum absolute atomic E-state index is 12.3. The summed E-state index contributed by atoms with van der Waals surface area (Å²) in [5, 5.41) is 0. The van der Waals surface area contributed by atoms with Crippen LogP contribution in [-0.4, -0.2) is 62.9 Å². The smallest absolute Gasteiger partial charge is 0.382 e. The molecule has 2 aromatic heterocycles. The summed E-state index contributed by atoms with van der Waals surface area (Å²) in [5.41, 5.74) is 6.87. The van der Waals surface area contributed by atoms with E-state index in [1.807, 2.05) is 0 Å². The summed E-state index contributed by atoms with van der Waals surface area (Å²) in [4.78, 5) is 22.3. The summed E-state index contributed by atoms with van der Waals surface area (Å²) < 4.78 is 66.6. The lowest BCUT2D eigenvalue weighted by molar-refractivity contribution is -0.135. The van der Waals surface area contributed by atoms with Crippen LogP contribution in [0.5, 0.6) is 0 Å². The van der Waals surface area contributed by atoms with Gasteiger partial charge in [-0.1, -0.05) is 70.6 Å². The average molecular weight is 641 g/mol. The first-order chi connectivity index (χ1) is 20.1. The topological polar surface area (TPSA) is 170 Å². The molecular weight excluding hydrogens is 588 g/mol. The average Bonchev–Trinajstić information content (AvgIpc) is 3.34. The molecule has 43 heavy (non-hydrogen) atoms. The summed E-state index contributed by atoms with van der Waals surface area (Å²) in [6.45, 7) is 3.41. The van der Waals surface area contributed by atoms with Crippen molar-refractivity contribution >= 4 is 24.6 Å². The lowest BCUT2D eigenvalue weighted by Gasteiger charge is -2.17. The number of imidazole rings is 1. The largest absolute Gasteiger partial charge is 0.389 e. The van der Waals surface area contributed by atoms with Crippen LogP contribution < -0.4 is 11.9 Å². The van der Waals surface area contributed by atoms with Gasteiger partial charge in [0, 0.05) is 19.6 Å². The molecule has 0 bridgehead atoms. The Morgan fingerprint density at radius 3 is 2.05 bits per heavy atom. The number of unbranched alkanes of at least 4 members (excludes halogenated alkanes) is 12. The van der Waals surface area contributed by atoms with Gasteiger partial charge >= 0.3 is 13.8 Å². The second-order valence-corrected chi connectivity index (χ2v) is 12.6. The fraction of sp³-hybridized carbons (Fsp3) is 0.821. The van der Waals surface area contributed by atoms with Crippen LogP contribution in [0.2, 0.25) is 0 Å². The van der Waals surface area contributed by atoms with Crippen molar-refractivity contribution in [2.24, 2.45) is 0 Å². The third kappa shape index (κ3) is 18.5. The maximum atomic E-state index is 12.3. The monoisotopic (exact) mass is 640 g/mol. The molecule has 2 rings (SSSR count). The number of hydrogen-bond donors (Lipinski definition) is 3. The first-order valence-corrected chi connectivity index (χ1v) is 17.0. The molecule has 0 aliphatic rings. The molecule has 250 valence electrons. The van der Waals surface area contributed by atoms with E-state index in [2.05, 4.69) is 15.0 Å². The van der Waals surface area contributed by atoms with E-state index >= 15 is 0 Å². The van der Waals surface area contributed by atoms with Crippen LogP contribution in [0.15, 0.2) is 12.7 Å². The Kier molecular flexibility index (Phi) is 19.9. The number of aromatic nitrogens is 4. The molecule has 0 spiro atoms. The molecule has 11 nitrogen and oxygen atoms in total. The first-order valence-electron chi connectivity index (χ1n) is 15.2. The summed E-state index contributed by atoms with van der Waals surface area (Å²) in [7, 11) is -3.87. The molecule has 0 saturated heterocycles. The van der Waals surface area contributed by atoms with E-state index in [0.717, 1.165) is 32.1 Å². The SMILES string of the molecule is C[C@H](Cn1cnc2c(N)ncnc21)OCP(=O)(O)OCCCOCCCCCCCCCCCCCCCC(F)(F)F.N. The molecule has 15 heteroatoms. The summed E-state index contributed by atoms with van der Waals surface area (Å²) in [5.74, 6) is 0.290. The molecule has 0 aromatic carbocycles. The molecule has 0 amide bonds. The van der Waals surface area contributed by atoms with Crippen LogP contribution in [-0.2, 0) is 25.1 Å². The molecule has 0 aliphatic heterocycles. The van der Waals surface area contributed by atoms with Gasteiger partial charge in [0.15, 0.2) is 11.5 Å². The number of alkyl halides is 3. The van der Waals surface area contributed by atoms with Gasteiger partial charge in [0.1, 0.15) is 18.2 Å². The van der Waals surface area contributed by atoms with Crippen molar-refractivity contribution in [2.75, 3.05) is 31.9 Å². The van der Waals surface area contributed by atoms with Gasteiger partial charge in [-0.2, -0.15) is 13.2 Å². The molecule has 0 radical (unpaired) electrons. The fourth-order valence-corrected chi connectivity index (χ4v) is 5.50. The standard InChI is InChI=1S/C28H49F3N5O5P.H3N/c1-24(20-36-22-35-25-26(32)33-21-34-27(25)36)40-23-42(37,38)41-19-15-18-39-17-14-12-10-8-6-4-2-3-5-7-9-11-13-16-28(29,30)31;/h21-22,24H,2-20,23H2,1H3,(H,37,38)(H2,32,33,34);1H3/t24-;/m1./s1.